The van der Waals surface area contributed by atoms with Gasteiger partial charge < -0.3 is 14.2 Å². The second-order valence-corrected chi connectivity index (χ2v) is 7.41. The molecule has 0 fully saturated rings. The SMILES string of the molecule is Cc1cc(OCc2ccccc2)c(OCc2ccccc2)c(OCc2ccccc2)c1. The largest absolute Gasteiger partial charge is 0.485 e. The standard InChI is InChI=1S/C28H26O3/c1-22-17-26(29-19-23-11-5-2-6-12-23)28(31-21-25-15-9-4-10-16-25)27(18-22)30-20-24-13-7-3-8-14-24/h2-18H,19-21H2,1H3. The first-order valence-corrected chi connectivity index (χ1v) is 10.4. The second-order valence-electron chi connectivity index (χ2n) is 7.41. The molecule has 4 rings (SSSR count). The van der Waals surface area contributed by atoms with Crippen molar-refractivity contribution in [3.63, 3.8) is 0 Å². The summed E-state index contributed by atoms with van der Waals surface area (Å²) in [6, 6.07) is 34.3. The minimum atomic E-state index is 0.438. The van der Waals surface area contributed by atoms with Gasteiger partial charge in [0.2, 0.25) is 5.75 Å². The molecule has 0 aliphatic rings. The van der Waals surface area contributed by atoms with Crippen LogP contribution in [0.25, 0.3) is 0 Å². The van der Waals surface area contributed by atoms with Crippen molar-refractivity contribution in [1.82, 2.24) is 0 Å². The van der Waals surface area contributed by atoms with Crippen molar-refractivity contribution in [3.05, 3.63) is 125 Å². The predicted octanol–water partition coefficient (Wildman–Crippen LogP) is 6.73. The van der Waals surface area contributed by atoms with Crippen LogP contribution in [0.1, 0.15) is 22.3 Å². The quantitative estimate of drug-likeness (QED) is 0.306. The monoisotopic (exact) mass is 410 g/mol. The summed E-state index contributed by atoms with van der Waals surface area (Å²) >= 11 is 0. The van der Waals surface area contributed by atoms with E-state index in [-0.39, 0.29) is 0 Å². The molecule has 0 unspecified atom stereocenters. The maximum absolute atomic E-state index is 6.24. The Labute approximate surface area is 183 Å². The van der Waals surface area contributed by atoms with Crippen LogP contribution in [0, 0.1) is 6.92 Å². The average Bonchev–Trinajstić information content (AvgIpc) is 2.82. The predicted molar refractivity (Wildman–Crippen MR) is 124 cm³/mol. The topological polar surface area (TPSA) is 27.7 Å². The molecular formula is C28H26O3. The van der Waals surface area contributed by atoms with E-state index in [1.165, 1.54) is 0 Å². The molecule has 0 saturated carbocycles. The molecule has 4 aromatic carbocycles. The van der Waals surface area contributed by atoms with E-state index in [0.717, 1.165) is 22.3 Å². The van der Waals surface area contributed by atoms with Crippen LogP contribution < -0.4 is 14.2 Å². The van der Waals surface area contributed by atoms with Crippen molar-refractivity contribution in [2.24, 2.45) is 0 Å². The van der Waals surface area contributed by atoms with Gasteiger partial charge in [-0.3, -0.25) is 0 Å². The lowest BCUT2D eigenvalue weighted by Crippen LogP contribution is -2.04. The summed E-state index contributed by atoms with van der Waals surface area (Å²) in [6.45, 7) is 3.40. The zero-order valence-corrected chi connectivity index (χ0v) is 17.7. The van der Waals surface area contributed by atoms with Crippen molar-refractivity contribution in [2.45, 2.75) is 26.7 Å². The Morgan fingerprint density at radius 1 is 0.484 bits per heavy atom. The number of rotatable bonds is 9. The minimum Gasteiger partial charge on any atom is -0.485 e. The van der Waals surface area contributed by atoms with E-state index in [1.54, 1.807) is 0 Å². The fourth-order valence-electron chi connectivity index (χ4n) is 3.26. The van der Waals surface area contributed by atoms with E-state index < -0.39 is 0 Å². The van der Waals surface area contributed by atoms with Crippen LogP contribution >= 0.6 is 0 Å². The van der Waals surface area contributed by atoms with E-state index in [0.29, 0.717) is 37.1 Å². The molecule has 0 aliphatic carbocycles. The highest BCUT2D eigenvalue weighted by Gasteiger charge is 2.15. The van der Waals surface area contributed by atoms with Crippen LogP contribution in [-0.2, 0) is 19.8 Å². The number of ether oxygens (including phenoxy) is 3. The van der Waals surface area contributed by atoms with Crippen LogP contribution in [0.15, 0.2) is 103 Å². The Balaban J connectivity index is 1.58. The maximum atomic E-state index is 6.24. The number of benzene rings is 4. The van der Waals surface area contributed by atoms with Gasteiger partial charge in [0.15, 0.2) is 11.5 Å². The molecule has 4 aromatic rings. The summed E-state index contributed by atoms with van der Waals surface area (Å²) < 4.78 is 18.6. The van der Waals surface area contributed by atoms with Crippen molar-refractivity contribution in [1.29, 1.82) is 0 Å². The molecule has 0 N–H and O–H groups in total. The Morgan fingerprint density at radius 3 is 1.23 bits per heavy atom. The fraction of sp³-hybridized carbons (Fsp3) is 0.143. The van der Waals surface area contributed by atoms with Gasteiger partial charge in [0.05, 0.1) is 0 Å². The van der Waals surface area contributed by atoms with Crippen molar-refractivity contribution in [3.8, 4) is 17.2 Å². The van der Waals surface area contributed by atoms with Crippen LogP contribution in [-0.4, -0.2) is 0 Å². The van der Waals surface area contributed by atoms with E-state index in [9.17, 15) is 0 Å². The Kier molecular flexibility index (Phi) is 6.86. The maximum Gasteiger partial charge on any atom is 0.203 e. The van der Waals surface area contributed by atoms with Gasteiger partial charge in [-0.2, -0.15) is 0 Å². The molecule has 0 bridgehead atoms. The third kappa shape index (κ3) is 5.89. The molecule has 0 saturated heterocycles. The minimum absolute atomic E-state index is 0.438. The summed E-state index contributed by atoms with van der Waals surface area (Å²) in [7, 11) is 0. The van der Waals surface area contributed by atoms with Gasteiger partial charge in [-0.25, -0.2) is 0 Å². The van der Waals surface area contributed by atoms with Crippen molar-refractivity contribution >= 4 is 0 Å². The fourth-order valence-corrected chi connectivity index (χ4v) is 3.26. The smallest absolute Gasteiger partial charge is 0.203 e. The van der Waals surface area contributed by atoms with Gasteiger partial charge in [0, 0.05) is 0 Å². The van der Waals surface area contributed by atoms with Crippen LogP contribution in [0.3, 0.4) is 0 Å². The Bertz CT molecular complexity index is 1010. The first-order chi connectivity index (χ1) is 15.3. The zero-order chi connectivity index (χ0) is 21.3. The summed E-state index contributed by atoms with van der Waals surface area (Å²) in [5.74, 6) is 1.99. The average molecular weight is 411 g/mol. The van der Waals surface area contributed by atoms with Crippen LogP contribution in [0.5, 0.6) is 17.2 Å². The first-order valence-electron chi connectivity index (χ1n) is 10.4. The molecular weight excluding hydrogens is 384 g/mol. The second kappa shape index (κ2) is 10.4. The number of aryl methyl sites for hydroxylation is 1. The molecule has 0 amide bonds. The van der Waals surface area contributed by atoms with Gasteiger partial charge in [0.1, 0.15) is 19.8 Å². The lowest BCUT2D eigenvalue weighted by atomic mass is 10.2. The highest BCUT2D eigenvalue weighted by molar-refractivity contribution is 5.54. The van der Waals surface area contributed by atoms with Gasteiger partial charge in [0.25, 0.3) is 0 Å². The molecule has 0 aliphatic heterocycles. The molecule has 0 atom stereocenters. The van der Waals surface area contributed by atoms with Gasteiger partial charge in [-0.05, 0) is 41.3 Å². The summed E-state index contributed by atoms with van der Waals surface area (Å²) in [5.41, 5.74) is 4.35. The number of hydrogen-bond donors (Lipinski definition) is 0. The third-order valence-electron chi connectivity index (χ3n) is 4.87. The third-order valence-corrected chi connectivity index (χ3v) is 4.87. The number of hydrogen-bond acceptors (Lipinski definition) is 3. The molecule has 31 heavy (non-hydrogen) atoms. The van der Waals surface area contributed by atoms with Gasteiger partial charge >= 0.3 is 0 Å². The van der Waals surface area contributed by atoms with Crippen molar-refractivity contribution < 1.29 is 14.2 Å². The molecule has 3 nitrogen and oxygen atoms in total. The Hall–Kier alpha value is -3.72. The van der Waals surface area contributed by atoms with E-state index in [2.05, 4.69) is 0 Å². The molecule has 0 radical (unpaired) electrons. The first kappa shape index (κ1) is 20.5. The lowest BCUT2D eigenvalue weighted by molar-refractivity contribution is 0.230. The summed E-state index contributed by atoms with van der Waals surface area (Å²) in [6.07, 6.45) is 0. The summed E-state index contributed by atoms with van der Waals surface area (Å²) in [5, 5.41) is 0. The highest BCUT2D eigenvalue weighted by atomic mass is 16.5. The van der Waals surface area contributed by atoms with E-state index in [4.69, 9.17) is 14.2 Å². The highest BCUT2D eigenvalue weighted by Crippen LogP contribution is 2.40. The molecule has 3 heteroatoms. The molecule has 0 spiro atoms. The molecule has 156 valence electrons. The zero-order valence-electron chi connectivity index (χ0n) is 17.7. The molecule has 0 aromatic heterocycles. The molecule has 0 heterocycles. The van der Waals surface area contributed by atoms with Crippen LogP contribution in [0.4, 0.5) is 0 Å². The van der Waals surface area contributed by atoms with E-state index >= 15 is 0 Å². The van der Waals surface area contributed by atoms with Gasteiger partial charge in [-0.1, -0.05) is 91.0 Å². The van der Waals surface area contributed by atoms with E-state index in [1.807, 2.05) is 110 Å². The Morgan fingerprint density at radius 2 is 0.839 bits per heavy atom. The van der Waals surface area contributed by atoms with Crippen molar-refractivity contribution in [2.75, 3.05) is 0 Å². The normalized spacial score (nSPS) is 10.5. The lowest BCUT2D eigenvalue weighted by Gasteiger charge is -2.18. The summed E-state index contributed by atoms with van der Waals surface area (Å²) in [4.78, 5) is 0. The van der Waals surface area contributed by atoms with Gasteiger partial charge in [-0.15, -0.1) is 0 Å². The van der Waals surface area contributed by atoms with Crippen LogP contribution in [0.2, 0.25) is 0 Å².